The Bertz CT molecular complexity index is 549. The lowest BCUT2D eigenvalue weighted by molar-refractivity contribution is -0.117. The number of rotatable bonds is 3. The number of aromatic hydroxyl groups is 1. The Kier molecular flexibility index (Phi) is 3.59. The van der Waals surface area contributed by atoms with Crippen LogP contribution in [-0.4, -0.2) is 22.0 Å². The Morgan fingerprint density at radius 3 is 2.72 bits per heavy atom. The van der Waals surface area contributed by atoms with E-state index in [2.05, 4.69) is 10.3 Å². The smallest absolute Gasteiger partial charge is 0.242 e. The highest BCUT2D eigenvalue weighted by molar-refractivity contribution is 7.14. The molecule has 2 rings (SSSR count). The molecular formula is C12H13N3O2S. The van der Waals surface area contributed by atoms with E-state index < -0.39 is 6.04 Å². The maximum absolute atomic E-state index is 11.4. The van der Waals surface area contributed by atoms with Crippen LogP contribution in [0.2, 0.25) is 0 Å². The number of carbonyl (C=O) groups is 1. The van der Waals surface area contributed by atoms with E-state index >= 15 is 0 Å². The molecule has 2 aromatic rings. The fourth-order valence-corrected chi connectivity index (χ4v) is 2.04. The molecule has 0 unspecified atom stereocenters. The third-order valence-electron chi connectivity index (χ3n) is 2.31. The molecule has 0 radical (unpaired) electrons. The highest BCUT2D eigenvalue weighted by atomic mass is 32.1. The SMILES string of the molecule is C[C@@H](N)C(=O)Nc1nc(-c2ccc(O)cc2)cs1. The van der Waals surface area contributed by atoms with Crippen LogP contribution in [0.25, 0.3) is 11.3 Å². The number of thiazole rings is 1. The fraction of sp³-hybridized carbons (Fsp3) is 0.167. The number of hydrogen-bond acceptors (Lipinski definition) is 5. The Labute approximate surface area is 108 Å². The van der Waals surface area contributed by atoms with Crippen molar-refractivity contribution in [1.82, 2.24) is 4.98 Å². The highest BCUT2D eigenvalue weighted by Crippen LogP contribution is 2.26. The zero-order valence-electron chi connectivity index (χ0n) is 9.75. The number of aromatic nitrogens is 1. The van der Waals surface area contributed by atoms with Crippen LogP contribution >= 0.6 is 11.3 Å². The van der Waals surface area contributed by atoms with Gasteiger partial charge in [-0.25, -0.2) is 4.98 Å². The van der Waals surface area contributed by atoms with Crippen LogP contribution in [0.1, 0.15) is 6.92 Å². The zero-order chi connectivity index (χ0) is 13.1. The van der Waals surface area contributed by atoms with Crippen LogP contribution in [-0.2, 0) is 4.79 Å². The average Bonchev–Trinajstić information content (AvgIpc) is 2.78. The number of nitrogens with one attached hydrogen (secondary N) is 1. The van der Waals surface area contributed by atoms with Gasteiger partial charge in [0, 0.05) is 10.9 Å². The summed E-state index contributed by atoms with van der Waals surface area (Å²) in [6, 6.07) is 6.15. The van der Waals surface area contributed by atoms with Crippen molar-refractivity contribution in [3.05, 3.63) is 29.6 Å². The Morgan fingerprint density at radius 2 is 2.11 bits per heavy atom. The second-order valence-corrected chi connectivity index (χ2v) is 4.72. The molecule has 4 N–H and O–H groups in total. The van der Waals surface area contributed by atoms with Gasteiger partial charge >= 0.3 is 0 Å². The molecule has 0 saturated carbocycles. The Hall–Kier alpha value is -1.92. The summed E-state index contributed by atoms with van der Waals surface area (Å²) in [6.07, 6.45) is 0. The van der Waals surface area contributed by atoms with Gasteiger partial charge in [0.1, 0.15) is 5.75 Å². The van der Waals surface area contributed by atoms with Gasteiger partial charge in [-0.15, -0.1) is 11.3 Å². The van der Waals surface area contributed by atoms with E-state index in [1.165, 1.54) is 11.3 Å². The van der Waals surface area contributed by atoms with Gasteiger partial charge in [-0.3, -0.25) is 4.79 Å². The molecule has 0 spiro atoms. The normalized spacial score (nSPS) is 12.1. The van der Waals surface area contributed by atoms with Crippen molar-refractivity contribution < 1.29 is 9.90 Å². The minimum absolute atomic E-state index is 0.208. The molecule has 1 amide bonds. The second kappa shape index (κ2) is 5.16. The van der Waals surface area contributed by atoms with Crippen molar-refractivity contribution >= 4 is 22.4 Å². The summed E-state index contributed by atoms with van der Waals surface area (Å²) in [7, 11) is 0. The predicted molar refractivity (Wildman–Crippen MR) is 71.5 cm³/mol. The number of phenols is 1. The monoisotopic (exact) mass is 263 g/mol. The van der Waals surface area contributed by atoms with Crippen LogP contribution < -0.4 is 11.1 Å². The van der Waals surface area contributed by atoms with E-state index in [1.807, 2.05) is 5.38 Å². The number of phenolic OH excluding ortho intramolecular Hbond substituents is 1. The molecule has 0 aliphatic heterocycles. The largest absolute Gasteiger partial charge is 0.508 e. The number of anilines is 1. The van der Waals surface area contributed by atoms with Gasteiger partial charge in [-0.1, -0.05) is 0 Å². The first kappa shape index (κ1) is 12.5. The molecule has 1 aromatic heterocycles. The minimum atomic E-state index is -0.564. The van der Waals surface area contributed by atoms with Crippen molar-refractivity contribution in [2.75, 3.05) is 5.32 Å². The van der Waals surface area contributed by atoms with Gasteiger partial charge in [0.2, 0.25) is 5.91 Å². The molecular weight excluding hydrogens is 250 g/mol. The first-order chi connectivity index (χ1) is 8.56. The molecule has 1 heterocycles. The number of amides is 1. The van der Waals surface area contributed by atoms with Gasteiger partial charge in [0.25, 0.3) is 0 Å². The zero-order valence-corrected chi connectivity index (χ0v) is 10.6. The molecule has 94 valence electrons. The van der Waals surface area contributed by atoms with E-state index in [1.54, 1.807) is 31.2 Å². The minimum Gasteiger partial charge on any atom is -0.508 e. The van der Waals surface area contributed by atoms with Crippen molar-refractivity contribution in [3.63, 3.8) is 0 Å². The lowest BCUT2D eigenvalue weighted by Gasteiger charge is -2.03. The third kappa shape index (κ3) is 2.85. The molecule has 0 fully saturated rings. The molecule has 6 heteroatoms. The Balaban J connectivity index is 2.15. The number of hydrogen-bond donors (Lipinski definition) is 3. The molecule has 0 aliphatic carbocycles. The molecule has 5 nitrogen and oxygen atoms in total. The van der Waals surface area contributed by atoms with Crippen LogP contribution in [0, 0.1) is 0 Å². The van der Waals surface area contributed by atoms with E-state index in [4.69, 9.17) is 5.73 Å². The summed E-state index contributed by atoms with van der Waals surface area (Å²) in [4.78, 5) is 15.7. The van der Waals surface area contributed by atoms with Gasteiger partial charge in [0.15, 0.2) is 5.13 Å². The molecule has 18 heavy (non-hydrogen) atoms. The average molecular weight is 263 g/mol. The lowest BCUT2D eigenvalue weighted by Crippen LogP contribution is -2.32. The molecule has 0 aliphatic rings. The Morgan fingerprint density at radius 1 is 1.44 bits per heavy atom. The van der Waals surface area contributed by atoms with Crippen LogP contribution in [0.4, 0.5) is 5.13 Å². The van der Waals surface area contributed by atoms with Gasteiger partial charge in [-0.05, 0) is 31.2 Å². The number of nitrogens with two attached hydrogens (primary N) is 1. The van der Waals surface area contributed by atoms with Crippen LogP contribution in [0.3, 0.4) is 0 Å². The van der Waals surface area contributed by atoms with Crippen molar-refractivity contribution in [2.45, 2.75) is 13.0 Å². The topological polar surface area (TPSA) is 88.2 Å². The van der Waals surface area contributed by atoms with Crippen LogP contribution in [0.5, 0.6) is 5.75 Å². The van der Waals surface area contributed by atoms with Gasteiger partial charge < -0.3 is 16.2 Å². The summed E-state index contributed by atoms with van der Waals surface area (Å²) in [5.41, 5.74) is 7.09. The quantitative estimate of drug-likeness (QED) is 0.788. The summed E-state index contributed by atoms with van der Waals surface area (Å²) >= 11 is 1.33. The standard InChI is InChI=1S/C12H13N3O2S/c1-7(13)11(17)15-12-14-10(6-18-12)8-2-4-9(16)5-3-8/h2-7,16H,13H2,1H3,(H,14,15,17)/t7-/m1/s1. The van der Waals surface area contributed by atoms with Gasteiger partial charge in [-0.2, -0.15) is 0 Å². The predicted octanol–water partition coefficient (Wildman–Crippen LogP) is 1.80. The van der Waals surface area contributed by atoms with E-state index in [0.717, 1.165) is 11.3 Å². The first-order valence-corrected chi connectivity index (χ1v) is 6.25. The third-order valence-corrected chi connectivity index (χ3v) is 3.07. The fourth-order valence-electron chi connectivity index (χ4n) is 1.32. The van der Waals surface area contributed by atoms with Crippen LogP contribution in [0.15, 0.2) is 29.6 Å². The summed E-state index contributed by atoms with van der Waals surface area (Å²) in [5, 5.41) is 14.2. The molecule has 0 bridgehead atoms. The summed E-state index contributed by atoms with van der Waals surface area (Å²) in [6.45, 7) is 1.61. The first-order valence-electron chi connectivity index (χ1n) is 5.37. The van der Waals surface area contributed by atoms with E-state index in [9.17, 15) is 9.90 Å². The molecule has 1 atom stereocenters. The van der Waals surface area contributed by atoms with Crippen molar-refractivity contribution in [3.8, 4) is 17.0 Å². The van der Waals surface area contributed by atoms with E-state index in [0.29, 0.717) is 5.13 Å². The van der Waals surface area contributed by atoms with Crippen molar-refractivity contribution in [2.24, 2.45) is 5.73 Å². The highest BCUT2D eigenvalue weighted by Gasteiger charge is 2.10. The maximum atomic E-state index is 11.4. The summed E-state index contributed by atoms with van der Waals surface area (Å²) in [5.74, 6) is -0.0546. The second-order valence-electron chi connectivity index (χ2n) is 3.86. The maximum Gasteiger partial charge on any atom is 0.242 e. The van der Waals surface area contributed by atoms with Gasteiger partial charge in [0.05, 0.1) is 11.7 Å². The van der Waals surface area contributed by atoms with Crippen molar-refractivity contribution in [1.29, 1.82) is 0 Å². The lowest BCUT2D eigenvalue weighted by atomic mass is 10.2. The number of benzene rings is 1. The molecule has 0 saturated heterocycles. The van der Waals surface area contributed by atoms with E-state index in [-0.39, 0.29) is 11.7 Å². The summed E-state index contributed by atoms with van der Waals surface area (Å²) < 4.78 is 0. The molecule has 1 aromatic carbocycles. The number of nitrogens with zero attached hydrogens (tertiary/aromatic N) is 1. The number of carbonyl (C=O) groups excluding carboxylic acids is 1.